The van der Waals surface area contributed by atoms with E-state index >= 15 is 0 Å². The van der Waals surface area contributed by atoms with E-state index in [1.54, 1.807) is 0 Å². The lowest BCUT2D eigenvalue weighted by Gasteiger charge is -2.17. The molecule has 0 fully saturated rings. The van der Waals surface area contributed by atoms with Crippen LogP contribution in [0, 0.1) is 0 Å². The summed E-state index contributed by atoms with van der Waals surface area (Å²) in [4.78, 5) is 24.2. The van der Waals surface area contributed by atoms with Crippen molar-refractivity contribution >= 4 is 28.0 Å². The molecule has 2 N–H and O–H groups in total. The minimum atomic E-state index is -1.09. The minimum Gasteiger partial charge on any atom is -0.480 e. The average molecular weight is 494 g/mol. The van der Waals surface area contributed by atoms with Gasteiger partial charge in [0.05, 0.1) is 0 Å². The number of rotatable bonds is 8. The normalized spacial score (nSPS) is 13.2. The number of hydrogen-bond acceptors (Lipinski definition) is 3. The fourth-order valence-corrected chi connectivity index (χ4v) is 4.63. The molecular weight excluding hydrogens is 470 g/mol. The van der Waals surface area contributed by atoms with Crippen LogP contribution in [-0.4, -0.2) is 35.1 Å². The van der Waals surface area contributed by atoms with E-state index in [1.807, 2.05) is 60.7 Å². The summed E-state index contributed by atoms with van der Waals surface area (Å²) in [6.07, 6.45) is 0.365. The number of nitrogens with one attached hydrogen (secondary N) is 1. The van der Waals surface area contributed by atoms with Crippen LogP contribution < -0.4 is 5.32 Å². The fourth-order valence-electron chi connectivity index (χ4n) is 4.17. The molecule has 0 bridgehead atoms. The molecule has 0 aliphatic heterocycles. The van der Waals surface area contributed by atoms with E-state index in [9.17, 15) is 14.7 Å². The summed E-state index contributed by atoms with van der Waals surface area (Å²) in [7, 11) is 0. The molecule has 0 spiro atoms. The third-order valence-electron chi connectivity index (χ3n) is 5.78. The Morgan fingerprint density at radius 2 is 1.47 bits per heavy atom. The van der Waals surface area contributed by atoms with Gasteiger partial charge in [-0.05, 0) is 39.8 Å². The van der Waals surface area contributed by atoms with Gasteiger partial charge in [-0.3, -0.25) is 0 Å². The lowest BCUT2D eigenvalue weighted by molar-refractivity contribution is -0.139. The summed E-state index contributed by atoms with van der Waals surface area (Å²) in [6, 6.07) is 22.8. The van der Waals surface area contributed by atoms with Gasteiger partial charge in [0, 0.05) is 17.7 Å². The van der Waals surface area contributed by atoms with Crippen molar-refractivity contribution in [2.45, 2.75) is 24.8 Å². The maximum Gasteiger partial charge on any atom is 0.407 e. The number of alkyl halides is 1. The molecular formula is C26H24BrNO4. The molecule has 164 valence electrons. The Hall–Kier alpha value is -3.12. The molecule has 0 heterocycles. The van der Waals surface area contributed by atoms with E-state index in [0.29, 0.717) is 0 Å². The third kappa shape index (κ3) is 4.86. The minimum absolute atomic E-state index is 0.0709. The van der Waals surface area contributed by atoms with E-state index in [4.69, 9.17) is 4.74 Å². The number of amides is 1. The predicted molar refractivity (Wildman–Crippen MR) is 127 cm³/mol. The molecule has 1 aliphatic rings. The highest BCUT2D eigenvalue weighted by Gasteiger charge is 2.29. The van der Waals surface area contributed by atoms with Crippen LogP contribution in [0.4, 0.5) is 4.79 Å². The van der Waals surface area contributed by atoms with Gasteiger partial charge < -0.3 is 15.2 Å². The van der Waals surface area contributed by atoms with Crippen molar-refractivity contribution in [2.75, 3.05) is 11.9 Å². The highest BCUT2D eigenvalue weighted by atomic mass is 79.9. The van der Waals surface area contributed by atoms with Crippen LogP contribution in [0.5, 0.6) is 0 Å². The van der Waals surface area contributed by atoms with Crippen LogP contribution in [0.1, 0.15) is 28.2 Å². The van der Waals surface area contributed by atoms with Crippen molar-refractivity contribution < 1.29 is 19.4 Å². The Morgan fingerprint density at radius 3 is 2.03 bits per heavy atom. The van der Waals surface area contributed by atoms with Gasteiger partial charge in [-0.15, -0.1) is 0 Å². The number of ether oxygens (including phenoxy) is 1. The first-order valence-electron chi connectivity index (χ1n) is 10.5. The van der Waals surface area contributed by atoms with Crippen molar-refractivity contribution in [1.29, 1.82) is 0 Å². The van der Waals surface area contributed by atoms with Crippen molar-refractivity contribution in [1.82, 2.24) is 5.32 Å². The predicted octanol–water partition coefficient (Wildman–Crippen LogP) is 5.16. The number of carboxylic acid groups (broad SMARTS) is 1. The molecule has 1 amide bonds. The smallest absolute Gasteiger partial charge is 0.407 e. The summed E-state index contributed by atoms with van der Waals surface area (Å²) >= 11 is 3.41. The summed E-state index contributed by atoms with van der Waals surface area (Å²) in [6.45, 7) is 0.146. The fraction of sp³-hybridized carbons (Fsp3) is 0.231. The van der Waals surface area contributed by atoms with Crippen LogP contribution in [0.3, 0.4) is 0 Å². The van der Waals surface area contributed by atoms with E-state index in [1.165, 1.54) is 5.56 Å². The number of carbonyl (C=O) groups excluding carboxylic acids is 1. The Kier molecular flexibility index (Phi) is 6.90. The average Bonchev–Trinajstić information content (AvgIpc) is 3.12. The number of aliphatic carboxylic acids is 1. The number of carbonyl (C=O) groups is 2. The van der Waals surface area contributed by atoms with E-state index in [2.05, 4.69) is 33.4 Å². The highest BCUT2D eigenvalue weighted by Crippen LogP contribution is 2.44. The number of benzene rings is 3. The van der Waals surface area contributed by atoms with Gasteiger partial charge in [-0.25, -0.2) is 9.59 Å². The second kappa shape index (κ2) is 10.0. The van der Waals surface area contributed by atoms with Crippen LogP contribution in [-0.2, 0) is 22.4 Å². The molecule has 0 radical (unpaired) electrons. The summed E-state index contributed by atoms with van der Waals surface area (Å²) < 4.78 is 5.49. The van der Waals surface area contributed by atoms with Crippen LogP contribution in [0.2, 0.25) is 0 Å². The zero-order valence-electron chi connectivity index (χ0n) is 17.5. The lowest BCUT2D eigenvalue weighted by Crippen LogP contribution is -2.42. The molecule has 32 heavy (non-hydrogen) atoms. The maximum absolute atomic E-state index is 12.5. The molecule has 0 unspecified atom stereocenters. The van der Waals surface area contributed by atoms with Crippen molar-refractivity contribution in [3.05, 3.63) is 95.1 Å². The van der Waals surface area contributed by atoms with Crippen LogP contribution in [0.25, 0.3) is 11.1 Å². The number of carboxylic acids is 1. The van der Waals surface area contributed by atoms with Gasteiger partial charge in [-0.2, -0.15) is 0 Å². The van der Waals surface area contributed by atoms with Gasteiger partial charge in [0.2, 0.25) is 0 Å². The van der Waals surface area contributed by atoms with Crippen molar-refractivity contribution in [3.63, 3.8) is 0 Å². The first-order chi connectivity index (χ1) is 15.6. The van der Waals surface area contributed by atoms with E-state index in [0.717, 1.165) is 39.6 Å². The summed E-state index contributed by atoms with van der Waals surface area (Å²) in [5.74, 6) is -1.17. The van der Waals surface area contributed by atoms with Crippen molar-refractivity contribution in [3.8, 4) is 11.1 Å². The summed E-state index contributed by atoms with van der Waals surface area (Å²) in [5.41, 5.74) is 6.52. The monoisotopic (exact) mass is 493 g/mol. The molecule has 0 saturated heterocycles. The molecule has 0 aromatic heterocycles. The molecule has 6 heteroatoms. The quantitative estimate of drug-likeness (QED) is 0.425. The largest absolute Gasteiger partial charge is 0.480 e. The van der Waals surface area contributed by atoms with Gasteiger partial charge >= 0.3 is 12.1 Å². The number of hydrogen-bond donors (Lipinski definition) is 2. The first-order valence-corrected chi connectivity index (χ1v) is 11.7. The Balaban J connectivity index is 1.40. The lowest BCUT2D eigenvalue weighted by atomic mass is 9.98. The standard InChI is InChI=1S/C26H24BrNO4/c27-14-13-17-9-11-18(12-10-17)15-24(25(29)30)28-26(31)32-16-23-21-7-3-1-5-19(21)20-6-2-4-8-22(20)23/h1-12,23-24H,13-16H2,(H,28,31)(H,29,30)/t24-/m0/s1. The maximum atomic E-state index is 12.5. The zero-order valence-corrected chi connectivity index (χ0v) is 19.0. The number of fused-ring (bicyclic) bond motifs is 3. The van der Waals surface area contributed by atoms with Crippen LogP contribution in [0.15, 0.2) is 72.8 Å². The first kappa shape index (κ1) is 22.1. The Labute approximate surface area is 195 Å². The summed E-state index contributed by atoms with van der Waals surface area (Å²) in [5, 5.41) is 13.0. The molecule has 1 aliphatic carbocycles. The van der Waals surface area contributed by atoms with E-state index in [-0.39, 0.29) is 18.9 Å². The molecule has 3 aromatic carbocycles. The number of halogens is 1. The molecule has 5 nitrogen and oxygen atoms in total. The highest BCUT2D eigenvalue weighted by molar-refractivity contribution is 9.09. The topological polar surface area (TPSA) is 75.6 Å². The second-order valence-electron chi connectivity index (χ2n) is 7.82. The number of aryl methyl sites for hydroxylation is 1. The number of alkyl carbamates (subject to hydrolysis) is 1. The van der Waals surface area contributed by atoms with Gasteiger partial charge in [-0.1, -0.05) is 88.7 Å². The van der Waals surface area contributed by atoms with Gasteiger partial charge in [0.1, 0.15) is 12.6 Å². The zero-order chi connectivity index (χ0) is 22.5. The SMILES string of the molecule is O=C(N[C@@H](Cc1ccc(CCBr)cc1)C(=O)O)OCC1c2ccccc2-c2ccccc21. The van der Waals surface area contributed by atoms with Crippen LogP contribution >= 0.6 is 15.9 Å². The molecule has 3 aromatic rings. The molecule has 4 rings (SSSR count). The van der Waals surface area contributed by atoms with E-state index < -0.39 is 18.1 Å². The van der Waals surface area contributed by atoms with Gasteiger partial charge in [0.15, 0.2) is 0 Å². The second-order valence-corrected chi connectivity index (χ2v) is 8.61. The van der Waals surface area contributed by atoms with Crippen molar-refractivity contribution in [2.24, 2.45) is 0 Å². The van der Waals surface area contributed by atoms with Gasteiger partial charge in [0.25, 0.3) is 0 Å². The Morgan fingerprint density at radius 1 is 0.906 bits per heavy atom. The third-order valence-corrected chi connectivity index (χ3v) is 6.18. The molecule has 0 saturated carbocycles. The Bertz CT molecular complexity index is 1070. The molecule has 1 atom stereocenters.